The van der Waals surface area contributed by atoms with Crippen molar-refractivity contribution in [2.24, 2.45) is 59.2 Å². The second kappa shape index (κ2) is 21.0. The molecule has 3 rings (SSSR count). The average Bonchev–Trinajstić information content (AvgIpc) is 3.16. The van der Waals surface area contributed by atoms with Crippen molar-refractivity contribution in [3.8, 4) is 0 Å². The number of ketones is 2. The van der Waals surface area contributed by atoms with E-state index in [2.05, 4.69) is 26.8 Å². The van der Waals surface area contributed by atoms with E-state index in [1.165, 1.54) is 6.08 Å². The van der Waals surface area contributed by atoms with Gasteiger partial charge in [-0.25, -0.2) is 4.79 Å². The summed E-state index contributed by atoms with van der Waals surface area (Å²) in [4.78, 5) is 40.4. The normalized spacial score (nSPS) is 46.1. The van der Waals surface area contributed by atoms with E-state index in [9.17, 15) is 34.8 Å². The van der Waals surface area contributed by atoms with Crippen LogP contribution in [0.2, 0.25) is 0 Å². The highest BCUT2D eigenvalue weighted by Gasteiger charge is 2.56. The van der Waals surface area contributed by atoms with Gasteiger partial charge in [-0.1, -0.05) is 99.6 Å². The number of Topliss-reactive ketones (excluding diaryl/α,β-unsaturated/α-hetero) is 2. The van der Waals surface area contributed by atoms with Crippen molar-refractivity contribution in [1.82, 2.24) is 0 Å². The Bertz CT molecular complexity index is 1340. The van der Waals surface area contributed by atoms with Crippen molar-refractivity contribution in [2.75, 3.05) is 0 Å². The molecule has 2 fully saturated rings. The summed E-state index contributed by atoms with van der Waals surface area (Å²) in [6.45, 7) is 20.1. The van der Waals surface area contributed by atoms with Gasteiger partial charge in [0.05, 0.1) is 36.6 Å². The van der Waals surface area contributed by atoms with Crippen LogP contribution in [0.15, 0.2) is 36.5 Å². The smallest absolute Gasteiger partial charge is 0.330 e. The number of hydrogen-bond acceptors (Lipinski definition) is 10. The summed E-state index contributed by atoms with van der Waals surface area (Å²) < 4.78 is 20.0. The minimum absolute atomic E-state index is 0.144. The first-order chi connectivity index (χ1) is 25.8. The Labute approximate surface area is 331 Å². The molecule has 0 aliphatic carbocycles. The lowest BCUT2D eigenvalue weighted by Gasteiger charge is -2.55. The maximum Gasteiger partial charge on any atom is 0.330 e. The summed E-state index contributed by atoms with van der Waals surface area (Å²) in [6.07, 6.45) is 11.1. The zero-order valence-electron chi connectivity index (χ0n) is 35.5. The molecule has 0 aromatic heterocycles. The molecule has 314 valence electrons. The van der Waals surface area contributed by atoms with Crippen LogP contribution in [-0.4, -0.2) is 86.5 Å². The Morgan fingerprint density at radius 2 is 1.36 bits per heavy atom. The molecule has 55 heavy (non-hydrogen) atoms. The molecule has 0 unspecified atom stereocenters. The van der Waals surface area contributed by atoms with Crippen molar-refractivity contribution in [3.05, 3.63) is 36.5 Å². The van der Waals surface area contributed by atoms with E-state index < -0.39 is 77.6 Å². The first-order valence-electron chi connectivity index (χ1n) is 21.1. The molecule has 0 radical (unpaired) electrons. The minimum Gasteiger partial charge on any atom is -0.458 e. The fourth-order valence-electron chi connectivity index (χ4n) is 8.95. The van der Waals surface area contributed by atoms with E-state index in [0.29, 0.717) is 19.3 Å². The summed E-state index contributed by atoms with van der Waals surface area (Å²) in [5.74, 6) is -6.53. The summed E-state index contributed by atoms with van der Waals surface area (Å²) in [7, 11) is 0. The second-order valence-corrected chi connectivity index (χ2v) is 17.7. The molecule has 3 aliphatic heterocycles. The first kappa shape index (κ1) is 47.2. The van der Waals surface area contributed by atoms with E-state index in [-0.39, 0.29) is 47.6 Å². The maximum absolute atomic E-state index is 13.5. The van der Waals surface area contributed by atoms with Gasteiger partial charge in [-0.05, 0) is 63.2 Å². The van der Waals surface area contributed by atoms with Crippen LogP contribution in [0.4, 0.5) is 0 Å². The van der Waals surface area contributed by atoms with Crippen LogP contribution in [0, 0.1) is 59.2 Å². The topological polar surface area (TPSA) is 160 Å². The summed E-state index contributed by atoms with van der Waals surface area (Å²) in [6, 6.07) is 0. The molecular formula is C45H74O10. The predicted molar refractivity (Wildman–Crippen MR) is 213 cm³/mol. The Morgan fingerprint density at radius 1 is 0.764 bits per heavy atom. The number of aliphatic hydroxyl groups is 4. The van der Waals surface area contributed by atoms with Crippen LogP contribution in [0.3, 0.4) is 0 Å². The van der Waals surface area contributed by atoms with Crippen LogP contribution in [0.1, 0.15) is 121 Å². The maximum atomic E-state index is 13.5. The Hall–Kier alpha value is -2.21. The molecule has 0 saturated carbocycles. The highest BCUT2D eigenvalue weighted by atomic mass is 16.7. The lowest BCUT2D eigenvalue weighted by Crippen LogP contribution is -2.62. The standard InChI is InChI=1S/C45H74O10/c1-12-35-17-15-13-14-16-26(3)39(48)30(7)41(50)32(9)43(52)33(10)42(51)31(8)40(49)27(4)18-21-38(47)53-44-29(6)36(20-19-35)54-45(34(44)11)23-22-25(2)37(55-45)24-28(5)46/h13-15,17-18,21,25-37,39-40,43-44,46,48-49,52H,12,16,19-20,22-24H2,1-11H3/b14-13+,17-15+,21-18+/t25-,26+,27-,28+,29+,30-,31-,32+,33-,34-,35-,36+,37-,39-,40+,43-,44+,45-/m1/s1. The predicted octanol–water partition coefficient (Wildman–Crippen LogP) is 6.77. The molecule has 0 amide bonds. The summed E-state index contributed by atoms with van der Waals surface area (Å²) >= 11 is 0. The third-order valence-corrected chi connectivity index (χ3v) is 13.4. The number of carbonyl (C=O) groups is 3. The monoisotopic (exact) mass is 775 g/mol. The molecule has 10 nitrogen and oxygen atoms in total. The molecule has 4 N–H and O–H groups in total. The molecule has 1 spiro atoms. The number of fused-ring (bicyclic) bond motifs is 2. The lowest BCUT2D eigenvalue weighted by atomic mass is 9.74. The van der Waals surface area contributed by atoms with Gasteiger partial charge in [0, 0.05) is 53.9 Å². The second-order valence-electron chi connectivity index (χ2n) is 17.7. The van der Waals surface area contributed by atoms with Crippen molar-refractivity contribution in [1.29, 1.82) is 0 Å². The van der Waals surface area contributed by atoms with Gasteiger partial charge < -0.3 is 34.6 Å². The average molecular weight is 775 g/mol. The molecule has 10 heteroatoms. The molecule has 18 atom stereocenters. The number of rotatable bonds is 3. The van der Waals surface area contributed by atoms with Crippen LogP contribution >= 0.6 is 0 Å². The fraction of sp³-hybridized carbons (Fsp3) is 0.800. The Kier molecular flexibility index (Phi) is 18.0. The van der Waals surface area contributed by atoms with Crippen molar-refractivity contribution in [2.45, 2.75) is 170 Å². The number of ether oxygens (including phenoxy) is 3. The number of allylic oxidation sites excluding steroid dienone is 4. The van der Waals surface area contributed by atoms with E-state index >= 15 is 0 Å². The number of aliphatic hydroxyl groups excluding tert-OH is 4. The number of hydrogen-bond donors (Lipinski definition) is 4. The van der Waals surface area contributed by atoms with Gasteiger partial charge in [0.25, 0.3) is 0 Å². The van der Waals surface area contributed by atoms with Crippen LogP contribution in [0.25, 0.3) is 0 Å². The summed E-state index contributed by atoms with van der Waals surface area (Å²) in [5.41, 5.74) is 0. The van der Waals surface area contributed by atoms with Gasteiger partial charge in [0.2, 0.25) is 0 Å². The van der Waals surface area contributed by atoms with Crippen molar-refractivity contribution < 1.29 is 49.0 Å². The molecular weight excluding hydrogens is 700 g/mol. The highest BCUT2D eigenvalue weighted by Crippen LogP contribution is 2.49. The van der Waals surface area contributed by atoms with E-state index in [4.69, 9.17) is 14.2 Å². The van der Waals surface area contributed by atoms with Gasteiger partial charge in [-0.3, -0.25) is 9.59 Å². The van der Waals surface area contributed by atoms with E-state index in [1.54, 1.807) is 47.6 Å². The van der Waals surface area contributed by atoms with Crippen LogP contribution in [-0.2, 0) is 28.6 Å². The summed E-state index contributed by atoms with van der Waals surface area (Å²) in [5, 5.41) is 43.8. The number of carbonyl (C=O) groups excluding carboxylic acids is 3. The van der Waals surface area contributed by atoms with Gasteiger partial charge in [0.15, 0.2) is 5.79 Å². The van der Waals surface area contributed by atoms with Crippen LogP contribution < -0.4 is 0 Å². The Morgan fingerprint density at radius 3 is 1.96 bits per heavy atom. The lowest BCUT2D eigenvalue weighted by molar-refractivity contribution is -0.371. The third-order valence-electron chi connectivity index (χ3n) is 13.4. The van der Waals surface area contributed by atoms with Gasteiger partial charge in [0.1, 0.15) is 17.7 Å². The quantitative estimate of drug-likeness (QED) is 0.226. The zero-order valence-corrected chi connectivity index (χ0v) is 35.5. The minimum atomic E-state index is -1.30. The molecule has 3 heterocycles. The van der Waals surface area contributed by atoms with Crippen molar-refractivity contribution >= 4 is 17.5 Å². The molecule has 0 aromatic rings. The molecule has 2 saturated heterocycles. The zero-order chi connectivity index (χ0) is 41.4. The van der Waals surface area contributed by atoms with E-state index in [0.717, 1.165) is 25.7 Å². The van der Waals surface area contributed by atoms with Gasteiger partial charge >= 0.3 is 5.97 Å². The van der Waals surface area contributed by atoms with E-state index in [1.807, 2.05) is 32.1 Å². The highest BCUT2D eigenvalue weighted by molar-refractivity contribution is 5.87. The number of esters is 1. The largest absolute Gasteiger partial charge is 0.458 e. The third kappa shape index (κ3) is 11.9. The molecule has 3 aliphatic rings. The van der Waals surface area contributed by atoms with Gasteiger partial charge in [-0.15, -0.1) is 0 Å². The molecule has 2 bridgehead atoms. The first-order valence-corrected chi connectivity index (χ1v) is 21.1. The molecule has 0 aromatic carbocycles. The Balaban J connectivity index is 1.97. The van der Waals surface area contributed by atoms with Crippen LogP contribution in [0.5, 0.6) is 0 Å². The fourth-order valence-corrected chi connectivity index (χ4v) is 8.95. The van der Waals surface area contributed by atoms with Crippen molar-refractivity contribution in [3.63, 3.8) is 0 Å². The SMILES string of the molecule is CC[C@@H]1/C=C/C=C/C[C@H](C)[C@@H](O)[C@@H](C)C(=O)[C@H](C)[C@@H](O)[C@H](C)C(=O)[C@H](C)[C@@H](O)[C@H](C)/C=C/C(=O)O[C@H]2[C@@H](C)[C@H](CC1)O[C@@]1(CC[C@@H](C)[C@@H](C[C@H](C)O)O1)[C@@H]2C. The van der Waals surface area contributed by atoms with Gasteiger partial charge in [-0.2, -0.15) is 0 Å².